The number of nitrogens with zero attached hydrogens (tertiary/aromatic N) is 1. The van der Waals surface area contributed by atoms with Crippen LogP contribution < -0.4 is 14.8 Å². The second kappa shape index (κ2) is 4.21. The molecule has 1 aliphatic heterocycles. The van der Waals surface area contributed by atoms with Crippen LogP contribution in [0.4, 0.5) is 0 Å². The molecule has 2 aromatic rings. The molecule has 0 bridgehead atoms. The zero-order valence-electron chi connectivity index (χ0n) is 11.0. The van der Waals surface area contributed by atoms with Gasteiger partial charge in [0.15, 0.2) is 0 Å². The van der Waals surface area contributed by atoms with Crippen molar-refractivity contribution in [2.45, 2.75) is 13.0 Å². The second-order valence-electron chi connectivity index (χ2n) is 4.60. The number of rotatable bonds is 2. The van der Waals surface area contributed by atoms with Gasteiger partial charge in [-0.3, -0.25) is 0 Å². The summed E-state index contributed by atoms with van der Waals surface area (Å²) in [6.45, 7) is 1.93. The van der Waals surface area contributed by atoms with Crippen molar-refractivity contribution in [3.63, 3.8) is 0 Å². The molecule has 0 saturated carbocycles. The zero-order valence-corrected chi connectivity index (χ0v) is 11.0. The number of benzene rings is 1. The van der Waals surface area contributed by atoms with Gasteiger partial charge in [-0.2, -0.15) is 0 Å². The highest BCUT2D eigenvalue weighted by Gasteiger charge is 2.23. The molecule has 2 heterocycles. The Morgan fingerprint density at radius 2 is 1.89 bits per heavy atom. The number of nitrogens with one attached hydrogen (secondary N) is 1. The van der Waals surface area contributed by atoms with E-state index in [9.17, 15) is 0 Å². The molecule has 0 fully saturated rings. The summed E-state index contributed by atoms with van der Waals surface area (Å²) in [6, 6.07) is 3.96. The molecule has 0 amide bonds. The Labute approximate surface area is 106 Å². The molecule has 4 nitrogen and oxygen atoms in total. The fraction of sp³-hybridized carbons (Fsp3) is 0.429. The summed E-state index contributed by atoms with van der Waals surface area (Å²) in [5, 5.41) is 4.62. The largest absolute Gasteiger partial charge is 0.496 e. The number of ether oxygens (including phenoxy) is 2. The lowest BCUT2D eigenvalue weighted by Crippen LogP contribution is -2.24. The molecule has 4 heteroatoms. The molecule has 18 heavy (non-hydrogen) atoms. The van der Waals surface area contributed by atoms with Crippen LogP contribution in [0.15, 0.2) is 12.1 Å². The Hall–Kier alpha value is -1.68. The van der Waals surface area contributed by atoms with E-state index in [2.05, 4.69) is 16.9 Å². The Bertz CT molecular complexity index is 602. The summed E-state index contributed by atoms with van der Waals surface area (Å²) < 4.78 is 13.2. The van der Waals surface area contributed by atoms with Crippen molar-refractivity contribution in [2.75, 3.05) is 20.8 Å². The minimum atomic E-state index is 0.905. The van der Waals surface area contributed by atoms with Gasteiger partial charge in [0.25, 0.3) is 0 Å². The first-order valence-corrected chi connectivity index (χ1v) is 6.19. The van der Waals surface area contributed by atoms with Crippen LogP contribution in [0, 0.1) is 0 Å². The van der Waals surface area contributed by atoms with Gasteiger partial charge in [0.2, 0.25) is 0 Å². The number of aryl methyl sites for hydroxylation is 1. The highest BCUT2D eigenvalue weighted by Crippen LogP contribution is 2.39. The van der Waals surface area contributed by atoms with E-state index in [1.807, 2.05) is 12.1 Å². The maximum Gasteiger partial charge on any atom is 0.143 e. The van der Waals surface area contributed by atoms with Crippen molar-refractivity contribution in [1.29, 1.82) is 0 Å². The van der Waals surface area contributed by atoms with Gasteiger partial charge in [-0.25, -0.2) is 0 Å². The van der Waals surface area contributed by atoms with Crippen molar-refractivity contribution in [1.82, 2.24) is 9.88 Å². The van der Waals surface area contributed by atoms with Crippen molar-refractivity contribution in [3.05, 3.63) is 23.4 Å². The third kappa shape index (κ3) is 1.42. The molecule has 1 N–H and O–H groups in total. The quantitative estimate of drug-likeness (QED) is 0.878. The summed E-state index contributed by atoms with van der Waals surface area (Å²) in [5.41, 5.74) is 3.85. The predicted molar refractivity (Wildman–Crippen MR) is 71.4 cm³/mol. The van der Waals surface area contributed by atoms with Crippen LogP contribution in [0.2, 0.25) is 0 Å². The van der Waals surface area contributed by atoms with Crippen LogP contribution in [0.3, 0.4) is 0 Å². The lowest BCUT2D eigenvalue weighted by molar-refractivity contribution is 0.409. The highest BCUT2D eigenvalue weighted by atomic mass is 16.5. The molecule has 0 saturated heterocycles. The van der Waals surface area contributed by atoms with Crippen LogP contribution in [0.5, 0.6) is 11.5 Å². The fourth-order valence-electron chi connectivity index (χ4n) is 2.91. The first kappa shape index (κ1) is 11.4. The van der Waals surface area contributed by atoms with Gasteiger partial charge >= 0.3 is 0 Å². The first-order chi connectivity index (χ1) is 8.77. The summed E-state index contributed by atoms with van der Waals surface area (Å²) in [7, 11) is 5.53. The molecule has 0 aliphatic carbocycles. The minimum Gasteiger partial charge on any atom is -0.496 e. The van der Waals surface area contributed by atoms with Crippen LogP contribution in [-0.4, -0.2) is 25.3 Å². The van der Waals surface area contributed by atoms with E-state index in [1.54, 1.807) is 14.2 Å². The number of methoxy groups -OCH3 is 2. The topological polar surface area (TPSA) is 35.4 Å². The maximum absolute atomic E-state index is 5.52. The van der Waals surface area contributed by atoms with Gasteiger partial charge in [0, 0.05) is 24.7 Å². The SMILES string of the molecule is COc1ccc(OC)c2c1c1c(n2C)CNCC1. The summed E-state index contributed by atoms with van der Waals surface area (Å²) in [5.74, 6) is 1.84. The van der Waals surface area contributed by atoms with Gasteiger partial charge in [0.1, 0.15) is 11.5 Å². The van der Waals surface area contributed by atoms with E-state index in [1.165, 1.54) is 16.6 Å². The van der Waals surface area contributed by atoms with Crippen LogP contribution in [0.1, 0.15) is 11.3 Å². The highest BCUT2D eigenvalue weighted by molar-refractivity contribution is 5.95. The second-order valence-corrected chi connectivity index (χ2v) is 4.60. The Balaban J connectivity index is 2.42. The Morgan fingerprint density at radius 3 is 2.61 bits per heavy atom. The van der Waals surface area contributed by atoms with Crippen LogP contribution >= 0.6 is 0 Å². The van der Waals surface area contributed by atoms with E-state index in [4.69, 9.17) is 9.47 Å². The summed E-state index contributed by atoms with van der Waals surface area (Å²) >= 11 is 0. The van der Waals surface area contributed by atoms with Crippen molar-refractivity contribution >= 4 is 10.9 Å². The van der Waals surface area contributed by atoms with Gasteiger partial charge in [0.05, 0.1) is 19.7 Å². The summed E-state index contributed by atoms with van der Waals surface area (Å²) in [6.07, 6.45) is 1.04. The smallest absolute Gasteiger partial charge is 0.143 e. The Morgan fingerprint density at radius 1 is 1.17 bits per heavy atom. The lowest BCUT2D eigenvalue weighted by atomic mass is 10.0. The van der Waals surface area contributed by atoms with Crippen molar-refractivity contribution in [3.8, 4) is 11.5 Å². The molecule has 1 aromatic carbocycles. The van der Waals surface area contributed by atoms with Gasteiger partial charge in [-0.05, 0) is 30.7 Å². The van der Waals surface area contributed by atoms with Gasteiger partial charge in [-0.15, -0.1) is 0 Å². The molecular formula is C14H18N2O2. The molecule has 1 aliphatic rings. The van der Waals surface area contributed by atoms with E-state index in [0.29, 0.717) is 0 Å². The van der Waals surface area contributed by atoms with E-state index < -0.39 is 0 Å². The molecule has 0 unspecified atom stereocenters. The number of fused-ring (bicyclic) bond motifs is 3. The van der Waals surface area contributed by atoms with E-state index >= 15 is 0 Å². The average molecular weight is 246 g/mol. The Kier molecular flexibility index (Phi) is 2.67. The number of hydrogen-bond acceptors (Lipinski definition) is 3. The number of aromatic nitrogens is 1. The van der Waals surface area contributed by atoms with Gasteiger partial charge in [-0.1, -0.05) is 0 Å². The molecule has 0 radical (unpaired) electrons. The molecule has 0 spiro atoms. The maximum atomic E-state index is 5.52. The minimum absolute atomic E-state index is 0.905. The van der Waals surface area contributed by atoms with E-state index in [-0.39, 0.29) is 0 Å². The standard InChI is InChI=1S/C14H18N2O2/c1-16-10-8-15-7-6-9(10)13-11(17-2)4-5-12(18-3)14(13)16/h4-5,15H,6-8H2,1-3H3. The third-order valence-corrected chi connectivity index (χ3v) is 3.78. The fourth-order valence-corrected chi connectivity index (χ4v) is 2.91. The molecular weight excluding hydrogens is 228 g/mol. The van der Waals surface area contributed by atoms with E-state index in [0.717, 1.165) is 36.5 Å². The molecule has 0 atom stereocenters. The number of hydrogen-bond donors (Lipinski definition) is 1. The molecule has 3 rings (SSSR count). The monoisotopic (exact) mass is 246 g/mol. The summed E-state index contributed by atoms with van der Waals surface area (Å²) in [4.78, 5) is 0. The van der Waals surface area contributed by atoms with Crippen LogP contribution in [-0.2, 0) is 20.0 Å². The predicted octanol–water partition coefficient (Wildman–Crippen LogP) is 1.84. The zero-order chi connectivity index (χ0) is 12.7. The van der Waals surface area contributed by atoms with Crippen molar-refractivity contribution < 1.29 is 9.47 Å². The van der Waals surface area contributed by atoms with Crippen molar-refractivity contribution in [2.24, 2.45) is 7.05 Å². The lowest BCUT2D eigenvalue weighted by Gasteiger charge is -2.15. The molecule has 1 aromatic heterocycles. The normalized spacial score (nSPS) is 14.6. The molecule has 96 valence electrons. The first-order valence-electron chi connectivity index (χ1n) is 6.19. The average Bonchev–Trinajstić information content (AvgIpc) is 2.73. The third-order valence-electron chi connectivity index (χ3n) is 3.78. The van der Waals surface area contributed by atoms with Gasteiger partial charge < -0.3 is 19.4 Å². The van der Waals surface area contributed by atoms with Crippen LogP contribution in [0.25, 0.3) is 10.9 Å².